The number of hydrogen-bond donors (Lipinski definition) is 2. The Morgan fingerprint density at radius 1 is 1.43 bits per heavy atom. The highest BCUT2D eigenvalue weighted by atomic mass is 79.9. The molecule has 0 spiro atoms. The molecule has 0 heterocycles. The highest BCUT2D eigenvalue weighted by molar-refractivity contribution is 9.10. The second-order valence-corrected chi connectivity index (χ2v) is 6.08. The van der Waals surface area contributed by atoms with Crippen molar-refractivity contribution in [1.29, 1.82) is 0 Å². The van der Waals surface area contributed by atoms with Crippen LogP contribution in [0.3, 0.4) is 0 Å². The van der Waals surface area contributed by atoms with Gasteiger partial charge in [0, 0.05) is 12.6 Å². The van der Waals surface area contributed by atoms with Gasteiger partial charge in [-0.1, -0.05) is 12.8 Å². The zero-order valence-corrected chi connectivity index (χ0v) is 13.7. The lowest BCUT2D eigenvalue weighted by atomic mass is 10.1. The maximum atomic E-state index is 10.8. The molecule has 1 aliphatic rings. The molecule has 3 N–H and O–H groups in total. The quantitative estimate of drug-likeness (QED) is 0.786. The number of carbonyl (C=O) groups is 1. The smallest absolute Gasteiger partial charge is 0.255 e. The lowest BCUT2D eigenvalue weighted by molar-refractivity contribution is -0.119. The van der Waals surface area contributed by atoms with Crippen molar-refractivity contribution in [2.75, 3.05) is 13.7 Å². The molecule has 1 aromatic carbocycles. The lowest BCUT2D eigenvalue weighted by Crippen LogP contribution is -2.25. The average Bonchev–Trinajstić information content (AvgIpc) is 2.96. The van der Waals surface area contributed by atoms with Crippen molar-refractivity contribution in [2.24, 2.45) is 5.73 Å². The maximum Gasteiger partial charge on any atom is 0.255 e. The van der Waals surface area contributed by atoms with Crippen molar-refractivity contribution in [3.05, 3.63) is 22.2 Å². The molecule has 0 atom stereocenters. The molecule has 2 rings (SSSR count). The Labute approximate surface area is 133 Å². The van der Waals surface area contributed by atoms with Crippen LogP contribution in [0.25, 0.3) is 0 Å². The number of ether oxygens (including phenoxy) is 2. The molecule has 1 saturated carbocycles. The van der Waals surface area contributed by atoms with E-state index in [1.54, 1.807) is 7.11 Å². The van der Waals surface area contributed by atoms with Gasteiger partial charge in [-0.3, -0.25) is 4.79 Å². The summed E-state index contributed by atoms with van der Waals surface area (Å²) in [6.45, 7) is 0.615. The molecule has 5 nitrogen and oxygen atoms in total. The van der Waals surface area contributed by atoms with Crippen LogP contribution in [-0.4, -0.2) is 25.7 Å². The van der Waals surface area contributed by atoms with E-state index >= 15 is 0 Å². The van der Waals surface area contributed by atoms with E-state index in [4.69, 9.17) is 15.2 Å². The molecule has 1 aromatic rings. The Morgan fingerprint density at radius 3 is 2.76 bits per heavy atom. The molecule has 1 amide bonds. The number of benzene rings is 1. The number of methoxy groups -OCH3 is 1. The van der Waals surface area contributed by atoms with Crippen molar-refractivity contribution < 1.29 is 14.3 Å². The fourth-order valence-electron chi connectivity index (χ4n) is 2.55. The van der Waals surface area contributed by atoms with E-state index < -0.39 is 5.91 Å². The van der Waals surface area contributed by atoms with Gasteiger partial charge in [0.25, 0.3) is 5.91 Å². The van der Waals surface area contributed by atoms with E-state index in [0.717, 1.165) is 16.6 Å². The summed E-state index contributed by atoms with van der Waals surface area (Å²) in [6.07, 6.45) is 5.12. The molecule has 0 radical (unpaired) electrons. The van der Waals surface area contributed by atoms with Crippen LogP contribution in [0.1, 0.15) is 31.2 Å². The highest BCUT2D eigenvalue weighted by Gasteiger charge is 2.16. The molecular weight excluding hydrogens is 336 g/mol. The maximum absolute atomic E-state index is 10.8. The van der Waals surface area contributed by atoms with E-state index in [0.29, 0.717) is 17.5 Å². The molecule has 0 unspecified atom stereocenters. The van der Waals surface area contributed by atoms with Gasteiger partial charge in [-0.2, -0.15) is 0 Å². The van der Waals surface area contributed by atoms with Gasteiger partial charge in [0.2, 0.25) is 0 Å². The molecule has 0 aliphatic heterocycles. The predicted molar refractivity (Wildman–Crippen MR) is 84.5 cm³/mol. The first-order valence-electron chi connectivity index (χ1n) is 7.11. The van der Waals surface area contributed by atoms with Crippen LogP contribution in [0.2, 0.25) is 0 Å². The third kappa shape index (κ3) is 4.61. The van der Waals surface area contributed by atoms with Gasteiger partial charge in [0.15, 0.2) is 18.1 Å². The minimum absolute atomic E-state index is 0.172. The zero-order chi connectivity index (χ0) is 15.2. The first kappa shape index (κ1) is 16.1. The minimum atomic E-state index is -0.518. The Hall–Kier alpha value is -1.27. The zero-order valence-electron chi connectivity index (χ0n) is 12.2. The normalized spacial score (nSPS) is 15.1. The van der Waals surface area contributed by atoms with Crippen molar-refractivity contribution in [2.45, 2.75) is 38.3 Å². The van der Waals surface area contributed by atoms with E-state index in [1.807, 2.05) is 12.1 Å². The van der Waals surface area contributed by atoms with E-state index in [-0.39, 0.29) is 6.61 Å². The molecule has 21 heavy (non-hydrogen) atoms. The van der Waals surface area contributed by atoms with Gasteiger partial charge in [0.1, 0.15) is 0 Å². The Morgan fingerprint density at radius 2 is 2.14 bits per heavy atom. The number of nitrogens with two attached hydrogens (primary N) is 1. The fraction of sp³-hybridized carbons (Fsp3) is 0.533. The number of primary amides is 1. The summed E-state index contributed by atoms with van der Waals surface area (Å²) in [5.41, 5.74) is 6.21. The van der Waals surface area contributed by atoms with Crippen LogP contribution in [0.4, 0.5) is 0 Å². The number of amides is 1. The summed E-state index contributed by atoms with van der Waals surface area (Å²) in [7, 11) is 1.58. The molecule has 6 heteroatoms. The summed E-state index contributed by atoms with van der Waals surface area (Å²) < 4.78 is 11.5. The summed E-state index contributed by atoms with van der Waals surface area (Å²) in [4.78, 5) is 10.8. The van der Waals surface area contributed by atoms with Crippen LogP contribution in [-0.2, 0) is 11.3 Å². The molecular formula is C15H21BrN2O3. The molecule has 0 saturated heterocycles. The van der Waals surface area contributed by atoms with Gasteiger partial charge in [-0.25, -0.2) is 0 Å². The van der Waals surface area contributed by atoms with Gasteiger partial charge in [-0.05, 0) is 46.5 Å². The third-order valence-corrected chi connectivity index (χ3v) is 4.19. The third-order valence-electron chi connectivity index (χ3n) is 3.60. The van der Waals surface area contributed by atoms with Gasteiger partial charge < -0.3 is 20.5 Å². The minimum Gasteiger partial charge on any atom is -0.493 e. The van der Waals surface area contributed by atoms with E-state index in [9.17, 15) is 4.79 Å². The number of carbonyl (C=O) groups excluding carboxylic acids is 1. The lowest BCUT2D eigenvalue weighted by Gasteiger charge is -2.15. The molecule has 1 aliphatic carbocycles. The monoisotopic (exact) mass is 356 g/mol. The SMILES string of the molecule is COc1cc(CNC2CCCC2)cc(Br)c1OCC(N)=O. The van der Waals surface area contributed by atoms with Crippen molar-refractivity contribution in [3.8, 4) is 11.5 Å². The predicted octanol–water partition coefficient (Wildman–Crippen LogP) is 2.35. The molecule has 116 valence electrons. The number of nitrogens with one attached hydrogen (secondary N) is 1. The van der Waals surface area contributed by atoms with Crippen LogP contribution in [0.15, 0.2) is 16.6 Å². The van der Waals surface area contributed by atoms with E-state index in [2.05, 4.69) is 21.2 Å². The van der Waals surface area contributed by atoms with Gasteiger partial charge in [-0.15, -0.1) is 0 Å². The second-order valence-electron chi connectivity index (χ2n) is 5.23. The fourth-order valence-corrected chi connectivity index (χ4v) is 3.15. The van der Waals surface area contributed by atoms with Crippen LogP contribution < -0.4 is 20.5 Å². The molecule has 0 bridgehead atoms. The second kappa shape index (κ2) is 7.66. The Kier molecular flexibility index (Phi) is 5.87. The van der Waals surface area contributed by atoms with Crippen molar-refractivity contribution in [3.63, 3.8) is 0 Å². The summed E-state index contributed by atoms with van der Waals surface area (Å²) in [5, 5.41) is 3.55. The van der Waals surface area contributed by atoms with Gasteiger partial charge in [0.05, 0.1) is 11.6 Å². The molecule has 0 aromatic heterocycles. The summed E-state index contributed by atoms with van der Waals surface area (Å²) in [5.74, 6) is 0.575. The largest absolute Gasteiger partial charge is 0.493 e. The first-order valence-corrected chi connectivity index (χ1v) is 7.90. The number of halogens is 1. The van der Waals surface area contributed by atoms with Crippen molar-refractivity contribution in [1.82, 2.24) is 5.32 Å². The first-order chi connectivity index (χ1) is 10.1. The van der Waals surface area contributed by atoms with Crippen LogP contribution in [0, 0.1) is 0 Å². The highest BCUT2D eigenvalue weighted by Crippen LogP contribution is 2.36. The average molecular weight is 357 g/mol. The van der Waals surface area contributed by atoms with Crippen LogP contribution in [0.5, 0.6) is 11.5 Å². The topological polar surface area (TPSA) is 73.6 Å². The number of hydrogen-bond acceptors (Lipinski definition) is 4. The summed E-state index contributed by atoms with van der Waals surface area (Å²) in [6, 6.07) is 4.50. The standard InChI is InChI=1S/C15H21BrN2O3/c1-20-13-7-10(8-18-11-4-2-3-5-11)6-12(16)15(13)21-9-14(17)19/h6-7,11,18H,2-5,8-9H2,1H3,(H2,17,19). The van der Waals surface area contributed by atoms with Crippen molar-refractivity contribution >= 4 is 21.8 Å². The van der Waals surface area contributed by atoms with Gasteiger partial charge >= 0.3 is 0 Å². The van der Waals surface area contributed by atoms with E-state index in [1.165, 1.54) is 25.7 Å². The number of rotatable bonds is 7. The molecule has 1 fully saturated rings. The summed E-state index contributed by atoms with van der Waals surface area (Å²) >= 11 is 3.46. The Balaban J connectivity index is 2.05. The Bertz CT molecular complexity index is 502. The van der Waals surface area contributed by atoms with Crippen LogP contribution >= 0.6 is 15.9 Å².